The molecule has 2 aliphatic rings. The van der Waals surface area contributed by atoms with Crippen molar-refractivity contribution in [1.29, 1.82) is 5.26 Å². The van der Waals surface area contributed by atoms with E-state index in [4.69, 9.17) is 0 Å². The van der Waals surface area contributed by atoms with Crippen LogP contribution >= 0.6 is 0 Å². The third kappa shape index (κ3) is 5.42. The fraction of sp³-hybridized carbons (Fsp3) is 0.538. The highest BCUT2D eigenvalue weighted by Crippen LogP contribution is 2.33. The fourth-order valence-corrected chi connectivity index (χ4v) is 4.98. The molecule has 2 saturated carbocycles. The molecule has 0 radical (unpaired) electrons. The van der Waals surface area contributed by atoms with Crippen LogP contribution in [-0.2, 0) is 4.79 Å². The monoisotopic (exact) mass is 479 g/mol. The van der Waals surface area contributed by atoms with E-state index in [-0.39, 0.29) is 29.7 Å². The lowest BCUT2D eigenvalue weighted by Gasteiger charge is -2.33. The summed E-state index contributed by atoms with van der Waals surface area (Å²) in [6.07, 6.45) is 4.09. The van der Waals surface area contributed by atoms with Gasteiger partial charge in [0.05, 0.1) is 12.0 Å². The van der Waals surface area contributed by atoms with Crippen molar-refractivity contribution in [3.8, 4) is 6.07 Å². The van der Waals surface area contributed by atoms with Crippen LogP contribution in [-0.4, -0.2) is 45.6 Å². The first-order valence-corrected chi connectivity index (χ1v) is 12.3. The molecule has 0 saturated heterocycles. The minimum absolute atomic E-state index is 0.161. The molecule has 4 N–H and O–H groups in total. The van der Waals surface area contributed by atoms with Crippen molar-refractivity contribution in [2.24, 2.45) is 11.8 Å². The van der Waals surface area contributed by atoms with Gasteiger partial charge in [-0.2, -0.15) is 5.26 Å². The van der Waals surface area contributed by atoms with Gasteiger partial charge in [0.15, 0.2) is 0 Å². The summed E-state index contributed by atoms with van der Waals surface area (Å²) in [5, 5.41) is 25.7. The van der Waals surface area contributed by atoms with Crippen LogP contribution in [0.3, 0.4) is 0 Å². The Hall–Kier alpha value is -3.54. The van der Waals surface area contributed by atoms with Crippen LogP contribution in [0.2, 0.25) is 0 Å². The van der Waals surface area contributed by atoms with Crippen molar-refractivity contribution in [1.82, 2.24) is 15.6 Å². The zero-order chi connectivity index (χ0) is 25.3. The minimum Gasteiger partial charge on any atom is -0.465 e. The molecule has 35 heavy (non-hydrogen) atoms. The zero-order valence-electron chi connectivity index (χ0n) is 20.4. The number of carbonyl (C=O) groups is 3. The summed E-state index contributed by atoms with van der Waals surface area (Å²) in [4.78, 5) is 42.3. The first kappa shape index (κ1) is 24.6. The Morgan fingerprint density at radius 1 is 1.14 bits per heavy atom. The van der Waals surface area contributed by atoms with Crippen LogP contribution in [0.4, 0.5) is 10.5 Å². The van der Waals surface area contributed by atoms with Gasteiger partial charge in [-0.25, -0.2) is 4.79 Å². The average molecular weight is 480 g/mol. The first-order valence-electron chi connectivity index (χ1n) is 12.3. The van der Waals surface area contributed by atoms with Gasteiger partial charge in [0, 0.05) is 28.2 Å². The number of carboxylic acid groups (broad SMARTS) is 1. The highest BCUT2D eigenvalue weighted by Gasteiger charge is 2.37. The Morgan fingerprint density at radius 3 is 2.49 bits per heavy atom. The van der Waals surface area contributed by atoms with Crippen molar-refractivity contribution < 1.29 is 19.5 Å². The molecule has 0 aliphatic heterocycles. The van der Waals surface area contributed by atoms with E-state index in [0.717, 1.165) is 36.6 Å². The van der Waals surface area contributed by atoms with Crippen LogP contribution in [0.25, 0.3) is 10.9 Å². The number of nitriles is 1. The maximum Gasteiger partial charge on any atom is 0.412 e. The fourth-order valence-electron chi connectivity index (χ4n) is 4.98. The topological polar surface area (TPSA) is 138 Å². The second-order valence-corrected chi connectivity index (χ2v) is 10.7. The highest BCUT2D eigenvalue weighted by atomic mass is 16.4. The molecular weight excluding hydrogens is 446 g/mol. The molecule has 9 nitrogen and oxygen atoms in total. The number of rotatable bonds is 6. The van der Waals surface area contributed by atoms with E-state index < -0.39 is 17.7 Å². The van der Waals surface area contributed by atoms with E-state index in [1.54, 1.807) is 24.3 Å². The minimum atomic E-state index is -1.05. The van der Waals surface area contributed by atoms with Gasteiger partial charge >= 0.3 is 6.09 Å². The second kappa shape index (κ2) is 9.61. The number of H-pyrrole nitrogens is 1. The summed E-state index contributed by atoms with van der Waals surface area (Å²) in [5.74, 6) is -0.593. The smallest absolute Gasteiger partial charge is 0.412 e. The standard InChI is InChI=1S/C26H33N5O4/c1-26(2,3)31(25(34)35)17-10-11-19-16(12-17)13-21(28-19)24(33)29-20-7-5-4-6-18(20)23(32)30-22(14-27)15-8-9-15/h10-13,15,18,20,22,28H,4-9H2,1-3H3,(H,29,33)(H,30,32)(H,34,35)/t18-,20+,22?/m1/s1. The number of nitrogens with zero attached hydrogens (tertiary/aromatic N) is 2. The molecule has 1 unspecified atom stereocenters. The Balaban J connectivity index is 1.49. The van der Waals surface area contributed by atoms with Crippen LogP contribution in [0.5, 0.6) is 0 Å². The van der Waals surface area contributed by atoms with Crippen molar-refractivity contribution >= 4 is 34.5 Å². The number of carbonyl (C=O) groups excluding carboxylic acids is 2. The molecule has 0 spiro atoms. The van der Waals surface area contributed by atoms with E-state index in [9.17, 15) is 24.8 Å². The molecule has 1 aromatic carbocycles. The van der Waals surface area contributed by atoms with Gasteiger partial charge in [-0.05, 0) is 76.6 Å². The molecule has 1 aromatic heterocycles. The van der Waals surface area contributed by atoms with Gasteiger partial charge < -0.3 is 20.7 Å². The van der Waals surface area contributed by atoms with Gasteiger partial charge in [-0.15, -0.1) is 0 Å². The van der Waals surface area contributed by atoms with Gasteiger partial charge in [0.1, 0.15) is 11.7 Å². The molecule has 0 bridgehead atoms. The van der Waals surface area contributed by atoms with Crippen molar-refractivity contribution in [3.63, 3.8) is 0 Å². The summed E-state index contributed by atoms with van der Waals surface area (Å²) in [7, 11) is 0. The van der Waals surface area contributed by atoms with Crippen LogP contribution in [0, 0.1) is 23.2 Å². The van der Waals surface area contributed by atoms with E-state index in [2.05, 4.69) is 21.7 Å². The summed E-state index contributed by atoms with van der Waals surface area (Å²) < 4.78 is 0. The third-order valence-electron chi connectivity index (χ3n) is 6.92. The second-order valence-electron chi connectivity index (χ2n) is 10.7. The lowest BCUT2D eigenvalue weighted by Crippen LogP contribution is -2.50. The number of anilines is 1. The molecule has 2 aromatic rings. The molecule has 186 valence electrons. The number of aromatic amines is 1. The van der Waals surface area contributed by atoms with E-state index in [1.807, 2.05) is 20.8 Å². The number of hydrogen-bond donors (Lipinski definition) is 4. The Bertz CT molecular complexity index is 1170. The zero-order valence-corrected chi connectivity index (χ0v) is 20.4. The molecule has 3 amide bonds. The summed E-state index contributed by atoms with van der Waals surface area (Å²) in [5.41, 5.74) is 0.969. The molecule has 2 aliphatic carbocycles. The Morgan fingerprint density at radius 2 is 1.86 bits per heavy atom. The molecule has 2 fully saturated rings. The van der Waals surface area contributed by atoms with Crippen LogP contribution < -0.4 is 15.5 Å². The van der Waals surface area contributed by atoms with Gasteiger partial charge in [-0.1, -0.05) is 12.8 Å². The number of nitrogens with one attached hydrogen (secondary N) is 3. The van der Waals surface area contributed by atoms with E-state index >= 15 is 0 Å². The lowest BCUT2D eigenvalue weighted by molar-refractivity contribution is -0.127. The summed E-state index contributed by atoms with van der Waals surface area (Å²) in [6.45, 7) is 5.46. The van der Waals surface area contributed by atoms with E-state index in [0.29, 0.717) is 24.2 Å². The normalized spacial score (nSPS) is 21.1. The number of aromatic nitrogens is 1. The van der Waals surface area contributed by atoms with Crippen LogP contribution in [0.1, 0.15) is 69.8 Å². The highest BCUT2D eigenvalue weighted by molar-refractivity contribution is 6.00. The number of benzene rings is 1. The lowest BCUT2D eigenvalue weighted by atomic mass is 9.83. The first-order chi connectivity index (χ1) is 16.6. The molecular formula is C26H33N5O4. The van der Waals surface area contributed by atoms with Crippen LogP contribution in [0.15, 0.2) is 24.3 Å². The van der Waals surface area contributed by atoms with Gasteiger partial charge in [-0.3, -0.25) is 14.5 Å². The summed E-state index contributed by atoms with van der Waals surface area (Å²) >= 11 is 0. The third-order valence-corrected chi connectivity index (χ3v) is 6.92. The van der Waals surface area contributed by atoms with Crippen molar-refractivity contribution in [2.45, 2.75) is 76.9 Å². The van der Waals surface area contributed by atoms with E-state index in [1.165, 1.54) is 4.90 Å². The molecule has 4 rings (SSSR count). The van der Waals surface area contributed by atoms with Crippen molar-refractivity contribution in [3.05, 3.63) is 30.0 Å². The number of fused-ring (bicyclic) bond motifs is 1. The predicted octanol–water partition coefficient (Wildman–Crippen LogP) is 4.16. The maximum absolute atomic E-state index is 13.1. The Kier molecular flexibility index (Phi) is 6.75. The molecule has 9 heteroatoms. The maximum atomic E-state index is 13.1. The largest absolute Gasteiger partial charge is 0.465 e. The van der Waals surface area contributed by atoms with Gasteiger partial charge in [0.25, 0.3) is 5.91 Å². The average Bonchev–Trinajstić information content (AvgIpc) is 3.54. The SMILES string of the molecule is CC(C)(C)N(C(=O)O)c1ccc2[nH]c(C(=O)N[C@H]3CCCC[C@H]3C(=O)NC(C#N)C3CC3)cc2c1. The molecule has 1 heterocycles. The quantitative estimate of drug-likeness (QED) is 0.493. The summed E-state index contributed by atoms with van der Waals surface area (Å²) in [6, 6.07) is 8.36. The Labute approximate surface area is 204 Å². The van der Waals surface area contributed by atoms with Crippen molar-refractivity contribution in [2.75, 3.05) is 4.90 Å². The predicted molar refractivity (Wildman–Crippen MR) is 132 cm³/mol. The number of amides is 3. The number of hydrogen-bond acceptors (Lipinski definition) is 4. The molecule has 3 atom stereocenters. The van der Waals surface area contributed by atoms with Gasteiger partial charge in [0.2, 0.25) is 5.91 Å².